The van der Waals surface area contributed by atoms with E-state index in [4.69, 9.17) is 19.9 Å². The maximum absolute atomic E-state index is 12.8. The summed E-state index contributed by atoms with van der Waals surface area (Å²) in [6.45, 7) is 7.96. The molecule has 2 aromatic rings. The molecule has 0 spiro atoms. The first-order chi connectivity index (χ1) is 18.1. The third kappa shape index (κ3) is 7.96. The molecular weight excluding hydrogens is 472 g/mol. The molecule has 0 radical (unpaired) electrons. The van der Waals surface area contributed by atoms with Crippen molar-refractivity contribution >= 4 is 23.1 Å². The van der Waals surface area contributed by atoms with Gasteiger partial charge >= 0.3 is 12.1 Å². The van der Waals surface area contributed by atoms with Gasteiger partial charge in [-0.2, -0.15) is 15.0 Å². The average molecular weight is 513 g/mol. The van der Waals surface area contributed by atoms with Crippen LogP contribution in [0.3, 0.4) is 0 Å². The first-order valence-electron chi connectivity index (χ1n) is 13.2. The number of imidazole rings is 1. The molecule has 0 aromatic carbocycles. The Bertz CT molecular complexity index is 1080. The Hall–Kier alpha value is -3.56. The molecule has 1 saturated heterocycles. The van der Waals surface area contributed by atoms with E-state index in [1.807, 2.05) is 33.8 Å². The molecule has 0 bridgehead atoms. The predicted molar refractivity (Wildman–Crippen MR) is 145 cm³/mol. The lowest BCUT2D eigenvalue weighted by Crippen LogP contribution is -2.44. The number of anilines is 1. The minimum atomic E-state index is -0.236. The number of unbranched alkanes of at least 4 members (excludes halogenated alkanes) is 1. The summed E-state index contributed by atoms with van der Waals surface area (Å²) >= 11 is 0. The first kappa shape index (κ1) is 28.0. The van der Waals surface area contributed by atoms with Crippen LogP contribution in [0.25, 0.3) is 11.2 Å². The molecule has 0 aliphatic carbocycles. The van der Waals surface area contributed by atoms with Crippen molar-refractivity contribution in [1.82, 2.24) is 24.4 Å². The van der Waals surface area contributed by atoms with E-state index in [0.717, 1.165) is 51.5 Å². The van der Waals surface area contributed by atoms with Gasteiger partial charge in [-0.05, 0) is 44.9 Å². The Kier molecular flexibility index (Phi) is 11.3. The zero-order valence-electron chi connectivity index (χ0n) is 22.1. The Morgan fingerprint density at radius 1 is 1.16 bits per heavy atom. The summed E-state index contributed by atoms with van der Waals surface area (Å²) in [4.78, 5) is 27.9. The van der Waals surface area contributed by atoms with Crippen molar-refractivity contribution in [3.05, 3.63) is 37.0 Å². The lowest BCUT2D eigenvalue weighted by atomic mass is 9.98. The van der Waals surface area contributed by atoms with Crippen molar-refractivity contribution in [3.63, 3.8) is 0 Å². The molecule has 10 nitrogen and oxygen atoms in total. The largest absolute Gasteiger partial charge is 0.468 e. The molecule has 202 valence electrons. The number of hydrogen-bond acceptors (Lipinski definition) is 8. The highest BCUT2D eigenvalue weighted by atomic mass is 16.6. The van der Waals surface area contributed by atoms with E-state index >= 15 is 0 Å². The molecule has 37 heavy (non-hydrogen) atoms. The fourth-order valence-electron chi connectivity index (χ4n) is 4.35. The van der Waals surface area contributed by atoms with Gasteiger partial charge in [0, 0.05) is 19.1 Å². The molecule has 1 fully saturated rings. The van der Waals surface area contributed by atoms with Crippen molar-refractivity contribution in [3.8, 4) is 12.0 Å². The fourth-order valence-corrected chi connectivity index (χ4v) is 4.35. The van der Waals surface area contributed by atoms with Crippen LogP contribution in [0.1, 0.15) is 58.3 Å². The number of rotatable bonds is 14. The number of nitrogens with two attached hydrogens (primary N) is 1. The highest BCUT2D eigenvalue weighted by Gasteiger charge is 2.27. The zero-order valence-corrected chi connectivity index (χ0v) is 22.1. The topological polar surface area (TPSA) is 118 Å². The normalized spacial score (nSPS) is 16.1. The van der Waals surface area contributed by atoms with Crippen LogP contribution < -0.4 is 15.2 Å². The van der Waals surface area contributed by atoms with Gasteiger partial charge in [0.15, 0.2) is 17.0 Å². The van der Waals surface area contributed by atoms with Gasteiger partial charge in [-0.15, -0.1) is 0 Å². The number of ether oxygens (including phenoxy) is 3. The Balaban J connectivity index is 1.60. The molecule has 1 aliphatic rings. The van der Waals surface area contributed by atoms with Crippen LogP contribution >= 0.6 is 0 Å². The standard InChI is InChI=1S/C27H40N6O4/c1-4-6-8-9-10-13-20-37-27(34)32-17-12-11-15-21(32)16-14-18-33-24-22(29-26(33)35-3)23(28)30-25(31-24)36-19-7-5-2/h4,6,8-10,21H,1,5,7,11-20H2,2-3H3,(H2,28,30,31)/b8-6-,10-9-. The van der Waals surface area contributed by atoms with Crippen LogP contribution in [0.5, 0.6) is 12.0 Å². The number of carbonyl (C=O) groups is 1. The maximum atomic E-state index is 12.8. The number of aryl methyl sites for hydroxylation is 1. The minimum Gasteiger partial charge on any atom is -0.468 e. The predicted octanol–water partition coefficient (Wildman–Crippen LogP) is 5.06. The molecule has 3 rings (SSSR count). The van der Waals surface area contributed by atoms with Gasteiger partial charge in [-0.25, -0.2) is 4.79 Å². The van der Waals surface area contributed by atoms with E-state index in [2.05, 4.69) is 28.5 Å². The summed E-state index contributed by atoms with van der Waals surface area (Å²) in [7, 11) is 1.57. The lowest BCUT2D eigenvalue weighted by Gasteiger charge is -2.35. The summed E-state index contributed by atoms with van der Waals surface area (Å²) in [5.74, 6) is 0.265. The summed E-state index contributed by atoms with van der Waals surface area (Å²) in [6.07, 6.45) is 16.4. The molecule has 1 unspecified atom stereocenters. The molecule has 1 aliphatic heterocycles. The van der Waals surface area contributed by atoms with Crippen molar-refractivity contribution in [2.75, 3.05) is 32.6 Å². The number of nitrogen functional groups attached to an aromatic ring is 1. The Morgan fingerprint density at radius 3 is 2.81 bits per heavy atom. The van der Waals surface area contributed by atoms with E-state index in [9.17, 15) is 4.79 Å². The van der Waals surface area contributed by atoms with E-state index in [-0.39, 0.29) is 24.0 Å². The smallest absolute Gasteiger partial charge is 0.410 e. The number of nitrogens with zero attached hydrogens (tertiary/aromatic N) is 5. The second kappa shape index (κ2) is 14.9. The molecule has 0 saturated carbocycles. The van der Waals surface area contributed by atoms with Gasteiger partial charge < -0.3 is 24.8 Å². The summed E-state index contributed by atoms with van der Waals surface area (Å²) in [5, 5.41) is 0. The molecular formula is C27H40N6O4. The fraction of sp³-hybridized carbons (Fsp3) is 0.556. The second-order valence-electron chi connectivity index (χ2n) is 8.95. The number of aromatic nitrogens is 4. The van der Waals surface area contributed by atoms with Gasteiger partial charge in [0.1, 0.15) is 0 Å². The van der Waals surface area contributed by atoms with Crippen LogP contribution in [0.15, 0.2) is 37.0 Å². The molecule has 1 atom stereocenters. The number of allylic oxidation sites excluding steroid dienone is 4. The van der Waals surface area contributed by atoms with Crippen molar-refractivity contribution < 1.29 is 19.0 Å². The van der Waals surface area contributed by atoms with Crippen LogP contribution in [0.4, 0.5) is 10.6 Å². The molecule has 2 N–H and O–H groups in total. The molecule has 2 aromatic heterocycles. The van der Waals surface area contributed by atoms with Crippen LogP contribution in [-0.4, -0.2) is 63.4 Å². The number of likely N-dealkylation sites (tertiary alicyclic amines) is 1. The number of methoxy groups -OCH3 is 1. The first-order valence-corrected chi connectivity index (χ1v) is 13.2. The minimum absolute atomic E-state index is 0.140. The third-order valence-corrected chi connectivity index (χ3v) is 6.26. The summed E-state index contributed by atoms with van der Waals surface area (Å²) < 4.78 is 18.6. The second-order valence-corrected chi connectivity index (χ2v) is 8.95. The van der Waals surface area contributed by atoms with Crippen LogP contribution in [-0.2, 0) is 11.3 Å². The number of fused-ring (bicyclic) bond motifs is 1. The van der Waals surface area contributed by atoms with Gasteiger partial charge in [0.25, 0.3) is 6.01 Å². The van der Waals surface area contributed by atoms with Gasteiger partial charge in [-0.3, -0.25) is 4.57 Å². The highest BCUT2D eigenvalue weighted by Crippen LogP contribution is 2.27. The van der Waals surface area contributed by atoms with Crippen molar-refractivity contribution in [2.45, 2.75) is 70.9 Å². The monoisotopic (exact) mass is 512 g/mol. The van der Waals surface area contributed by atoms with E-state index in [0.29, 0.717) is 43.4 Å². The highest BCUT2D eigenvalue weighted by molar-refractivity contribution is 5.83. The maximum Gasteiger partial charge on any atom is 0.410 e. The SMILES string of the molecule is C=C/C=C\C=C/CCOC(=O)N1CCCCC1CCCn1c(OC)nc2c(N)nc(OCCCC)nc21. The Morgan fingerprint density at radius 2 is 2.03 bits per heavy atom. The van der Waals surface area contributed by atoms with E-state index in [1.54, 1.807) is 13.2 Å². The van der Waals surface area contributed by atoms with Crippen molar-refractivity contribution in [1.29, 1.82) is 0 Å². The average Bonchev–Trinajstić information content (AvgIpc) is 3.26. The quantitative estimate of drug-likeness (QED) is 0.276. The van der Waals surface area contributed by atoms with Crippen molar-refractivity contribution in [2.24, 2.45) is 0 Å². The molecule has 3 heterocycles. The van der Waals surface area contributed by atoms with Gasteiger partial charge in [0.2, 0.25) is 0 Å². The Labute approximate surface area is 219 Å². The van der Waals surface area contributed by atoms with Crippen LogP contribution in [0, 0.1) is 0 Å². The van der Waals surface area contributed by atoms with E-state index < -0.39 is 0 Å². The number of carbonyl (C=O) groups excluding carboxylic acids is 1. The van der Waals surface area contributed by atoms with Gasteiger partial charge in [-0.1, -0.05) is 50.3 Å². The number of amides is 1. The lowest BCUT2D eigenvalue weighted by molar-refractivity contribution is 0.0712. The molecule has 10 heteroatoms. The summed E-state index contributed by atoms with van der Waals surface area (Å²) in [6, 6.07) is 0.813. The zero-order chi connectivity index (χ0) is 26.5. The number of hydrogen-bond donors (Lipinski definition) is 1. The number of piperidine rings is 1. The molecule has 1 amide bonds. The van der Waals surface area contributed by atoms with E-state index in [1.165, 1.54) is 0 Å². The summed E-state index contributed by atoms with van der Waals surface area (Å²) in [5.41, 5.74) is 7.23. The van der Waals surface area contributed by atoms with Crippen LogP contribution in [0.2, 0.25) is 0 Å². The van der Waals surface area contributed by atoms with Gasteiger partial charge in [0.05, 0.1) is 20.3 Å². The third-order valence-electron chi connectivity index (χ3n) is 6.26.